The van der Waals surface area contributed by atoms with Crippen molar-refractivity contribution in [3.05, 3.63) is 24.3 Å². The fourth-order valence-electron chi connectivity index (χ4n) is 0.496. The standard InChI is InChI=1S/C6H8N2.CH4O4S/c7-5-1-2-6(8)4-3-5;1-5-6(2,3)4/h1-4H,7-8H2;1H3,(H,2,3,4). The Morgan fingerprint density at radius 3 is 1.50 bits per heavy atom. The number of hydrogen-bond acceptors (Lipinski definition) is 5. The van der Waals surface area contributed by atoms with Crippen LogP contribution in [0.4, 0.5) is 11.4 Å². The van der Waals surface area contributed by atoms with Crippen molar-refractivity contribution in [2.75, 3.05) is 18.6 Å². The van der Waals surface area contributed by atoms with Gasteiger partial charge in [0.05, 0.1) is 7.11 Å². The van der Waals surface area contributed by atoms with E-state index in [9.17, 15) is 8.42 Å². The molecule has 0 aliphatic rings. The lowest BCUT2D eigenvalue weighted by molar-refractivity contribution is 0.324. The van der Waals surface area contributed by atoms with E-state index >= 15 is 0 Å². The van der Waals surface area contributed by atoms with Crippen molar-refractivity contribution in [2.24, 2.45) is 0 Å². The summed E-state index contributed by atoms with van der Waals surface area (Å²) in [4.78, 5) is 0. The van der Waals surface area contributed by atoms with Gasteiger partial charge in [0.2, 0.25) is 0 Å². The second-order valence-electron chi connectivity index (χ2n) is 2.26. The molecule has 0 saturated heterocycles. The van der Waals surface area contributed by atoms with Crippen LogP contribution in [0, 0.1) is 0 Å². The van der Waals surface area contributed by atoms with Crippen LogP contribution >= 0.6 is 0 Å². The molecule has 0 aromatic heterocycles. The third-order valence-corrected chi connectivity index (χ3v) is 1.57. The van der Waals surface area contributed by atoms with Crippen molar-refractivity contribution >= 4 is 21.8 Å². The molecule has 1 aromatic carbocycles. The molecule has 0 aliphatic carbocycles. The first-order valence-corrected chi connectivity index (χ1v) is 4.85. The molecular weight excluding hydrogens is 208 g/mol. The van der Waals surface area contributed by atoms with Crippen molar-refractivity contribution < 1.29 is 17.2 Å². The smallest absolute Gasteiger partial charge is 0.397 e. The largest absolute Gasteiger partial charge is 0.399 e. The summed E-state index contributed by atoms with van der Waals surface area (Å²) in [6.07, 6.45) is 0. The summed E-state index contributed by atoms with van der Waals surface area (Å²) < 4.78 is 29.7. The van der Waals surface area contributed by atoms with Gasteiger partial charge in [0.1, 0.15) is 0 Å². The first-order valence-electron chi connectivity index (χ1n) is 3.49. The van der Waals surface area contributed by atoms with Crippen LogP contribution in [0.3, 0.4) is 0 Å². The van der Waals surface area contributed by atoms with Gasteiger partial charge in [0.25, 0.3) is 0 Å². The summed E-state index contributed by atoms with van der Waals surface area (Å²) in [5.74, 6) is 0. The van der Waals surface area contributed by atoms with Crippen molar-refractivity contribution in [3.8, 4) is 0 Å². The maximum absolute atomic E-state index is 9.33. The van der Waals surface area contributed by atoms with E-state index in [-0.39, 0.29) is 0 Å². The van der Waals surface area contributed by atoms with Gasteiger partial charge < -0.3 is 11.5 Å². The van der Waals surface area contributed by atoms with Gasteiger partial charge in [-0.15, -0.1) is 0 Å². The molecule has 14 heavy (non-hydrogen) atoms. The van der Waals surface area contributed by atoms with Crippen LogP contribution in [0.15, 0.2) is 24.3 Å². The highest BCUT2D eigenvalue weighted by atomic mass is 32.3. The molecular formula is C7H12N2O4S. The Bertz CT molecular complexity index is 339. The van der Waals surface area contributed by atoms with E-state index in [1.807, 2.05) is 0 Å². The van der Waals surface area contributed by atoms with Crippen LogP contribution in [0.2, 0.25) is 0 Å². The molecule has 0 heterocycles. The van der Waals surface area contributed by atoms with Crippen molar-refractivity contribution in [3.63, 3.8) is 0 Å². The molecule has 0 fully saturated rings. The lowest BCUT2D eigenvalue weighted by Crippen LogP contribution is -1.96. The minimum atomic E-state index is -4.16. The first kappa shape index (κ1) is 12.7. The molecule has 6 nitrogen and oxygen atoms in total. The van der Waals surface area contributed by atoms with E-state index < -0.39 is 10.4 Å². The number of nitrogens with two attached hydrogens (primary N) is 2. The highest BCUT2D eigenvalue weighted by molar-refractivity contribution is 7.80. The van der Waals surface area contributed by atoms with Crippen molar-refractivity contribution in [1.82, 2.24) is 0 Å². The van der Waals surface area contributed by atoms with Crippen LogP contribution in [0.5, 0.6) is 0 Å². The zero-order valence-corrected chi connectivity index (χ0v) is 8.36. The molecule has 0 unspecified atom stereocenters. The minimum absolute atomic E-state index is 0.749. The van der Waals surface area contributed by atoms with Gasteiger partial charge in [-0.05, 0) is 24.3 Å². The Labute approximate surface area is 82.4 Å². The molecule has 0 atom stereocenters. The van der Waals surface area contributed by atoms with Crippen molar-refractivity contribution in [1.29, 1.82) is 0 Å². The third-order valence-electron chi connectivity index (χ3n) is 1.15. The maximum Gasteiger partial charge on any atom is 0.397 e. The number of nitrogen functional groups attached to an aromatic ring is 2. The average Bonchev–Trinajstić information content (AvgIpc) is 2.10. The van der Waals surface area contributed by atoms with E-state index in [2.05, 4.69) is 4.18 Å². The lowest BCUT2D eigenvalue weighted by Gasteiger charge is -1.90. The Morgan fingerprint density at radius 1 is 1.14 bits per heavy atom. The summed E-state index contributed by atoms with van der Waals surface area (Å²) in [5, 5.41) is 0. The van der Waals surface area contributed by atoms with Gasteiger partial charge in [-0.1, -0.05) is 0 Å². The predicted molar refractivity (Wildman–Crippen MR) is 53.8 cm³/mol. The average molecular weight is 220 g/mol. The zero-order chi connectivity index (χ0) is 11.2. The van der Waals surface area contributed by atoms with Gasteiger partial charge >= 0.3 is 10.4 Å². The summed E-state index contributed by atoms with van der Waals surface area (Å²) in [7, 11) is -3.29. The second kappa shape index (κ2) is 5.43. The maximum atomic E-state index is 9.33. The topological polar surface area (TPSA) is 116 Å². The fourth-order valence-corrected chi connectivity index (χ4v) is 0.496. The molecule has 80 valence electrons. The minimum Gasteiger partial charge on any atom is -0.399 e. The van der Waals surface area contributed by atoms with E-state index in [0.29, 0.717) is 0 Å². The van der Waals surface area contributed by atoms with Gasteiger partial charge in [-0.3, -0.25) is 8.74 Å². The summed E-state index contributed by atoms with van der Waals surface area (Å²) in [6, 6.07) is 7.09. The molecule has 0 spiro atoms. The predicted octanol–water partition coefficient (Wildman–Crippen LogP) is 0.287. The van der Waals surface area contributed by atoms with E-state index in [1.54, 1.807) is 24.3 Å². The van der Waals surface area contributed by atoms with Gasteiger partial charge in [0, 0.05) is 11.4 Å². The van der Waals surface area contributed by atoms with Crippen LogP contribution in [-0.4, -0.2) is 20.1 Å². The molecule has 5 N–H and O–H groups in total. The van der Waals surface area contributed by atoms with Crippen molar-refractivity contribution in [2.45, 2.75) is 0 Å². The molecule has 0 bridgehead atoms. The molecule has 0 saturated carbocycles. The number of hydrogen-bond donors (Lipinski definition) is 3. The van der Waals surface area contributed by atoms with E-state index in [1.165, 1.54) is 0 Å². The number of rotatable bonds is 1. The molecule has 7 heteroatoms. The molecule has 1 aromatic rings. The molecule has 1 rings (SSSR count). The van der Waals surface area contributed by atoms with Crippen LogP contribution < -0.4 is 11.5 Å². The van der Waals surface area contributed by atoms with Gasteiger partial charge in [-0.25, -0.2) is 0 Å². The lowest BCUT2D eigenvalue weighted by atomic mass is 10.3. The van der Waals surface area contributed by atoms with Gasteiger partial charge in [0.15, 0.2) is 0 Å². The molecule has 0 radical (unpaired) electrons. The zero-order valence-electron chi connectivity index (χ0n) is 7.54. The summed E-state index contributed by atoms with van der Waals surface area (Å²) >= 11 is 0. The monoisotopic (exact) mass is 220 g/mol. The van der Waals surface area contributed by atoms with Crippen LogP contribution in [0.1, 0.15) is 0 Å². The fraction of sp³-hybridized carbons (Fsp3) is 0.143. The summed E-state index contributed by atoms with van der Waals surface area (Å²) in [5.41, 5.74) is 12.2. The molecule has 0 amide bonds. The highest BCUT2D eigenvalue weighted by Crippen LogP contribution is 2.04. The second-order valence-corrected chi connectivity index (χ2v) is 3.45. The van der Waals surface area contributed by atoms with E-state index in [4.69, 9.17) is 16.0 Å². The third kappa shape index (κ3) is 7.35. The number of anilines is 2. The quantitative estimate of drug-likeness (QED) is 0.462. The Hall–Kier alpha value is -1.31. The molecule has 0 aliphatic heterocycles. The highest BCUT2D eigenvalue weighted by Gasteiger charge is 1.94. The van der Waals surface area contributed by atoms with Crippen LogP contribution in [0.25, 0.3) is 0 Å². The number of benzene rings is 1. The first-order chi connectivity index (χ1) is 6.35. The summed E-state index contributed by atoms with van der Waals surface area (Å²) in [6.45, 7) is 0. The normalized spacial score (nSPS) is 10.1. The van der Waals surface area contributed by atoms with Gasteiger partial charge in [-0.2, -0.15) is 8.42 Å². The SMILES string of the molecule is COS(=O)(=O)O.Nc1ccc(N)cc1. The van der Waals surface area contributed by atoms with E-state index in [0.717, 1.165) is 18.5 Å². The van der Waals surface area contributed by atoms with Crippen LogP contribution in [-0.2, 0) is 14.6 Å². The Balaban J connectivity index is 0.000000255. The Morgan fingerprint density at radius 2 is 1.36 bits per heavy atom. The Kier molecular flexibility index (Phi) is 4.92.